The summed E-state index contributed by atoms with van der Waals surface area (Å²) in [4.78, 5) is 9.84. The summed E-state index contributed by atoms with van der Waals surface area (Å²) in [5, 5.41) is 0. The van der Waals surface area contributed by atoms with Gasteiger partial charge in [0.1, 0.15) is 12.0 Å². The van der Waals surface area contributed by atoms with Gasteiger partial charge in [-0.25, -0.2) is 0 Å². The van der Waals surface area contributed by atoms with E-state index in [4.69, 9.17) is 4.42 Å². The quantitative estimate of drug-likeness (QED) is 0.542. The number of rotatable bonds is 2. The first-order valence-electron chi connectivity index (χ1n) is 2.70. The van der Waals surface area contributed by atoms with Gasteiger partial charge in [0.15, 0.2) is 4.67 Å². The summed E-state index contributed by atoms with van der Waals surface area (Å²) in [6, 6.07) is 3.54. The monoisotopic (exact) mass is 200 g/mol. The highest BCUT2D eigenvalue weighted by molar-refractivity contribution is 9.10. The van der Waals surface area contributed by atoms with E-state index in [0.717, 1.165) is 0 Å². The van der Waals surface area contributed by atoms with Gasteiger partial charge in [-0.05, 0) is 40.2 Å². The largest absolute Gasteiger partial charge is 0.450 e. The van der Waals surface area contributed by atoms with Crippen LogP contribution in [0.1, 0.15) is 5.76 Å². The molecular weight excluding hydrogens is 196 g/mol. The van der Waals surface area contributed by atoms with Crippen molar-refractivity contribution in [2.45, 2.75) is 0 Å². The number of carbonyl (C=O) groups is 1. The van der Waals surface area contributed by atoms with Crippen LogP contribution in [0.4, 0.5) is 0 Å². The highest BCUT2D eigenvalue weighted by atomic mass is 79.9. The van der Waals surface area contributed by atoms with Gasteiger partial charge in [-0.15, -0.1) is 0 Å². The van der Waals surface area contributed by atoms with Gasteiger partial charge in [-0.2, -0.15) is 0 Å². The fourth-order valence-corrected chi connectivity index (χ4v) is 0.871. The topological polar surface area (TPSA) is 30.2 Å². The molecule has 0 radical (unpaired) electrons. The average molecular weight is 201 g/mol. The molecule has 0 amide bonds. The second-order valence-corrected chi connectivity index (χ2v) is 2.42. The lowest BCUT2D eigenvalue weighted by molar-refractivity contribution is -0.104. The summed E-state index contributed by atoms with van der Waals surface area (Å²) in [5.41, 5.74) is 0. The van der Waals surface area contributed by atoms with Crippen LogP contribution in [0.15, 0.2) is 27.3 Å². The molecule has 0 aliphatic heterocycles. The number of carbonyl (C=O) groups excluding carboxylic acids is 1. The lowest BCUT2D eigenvalue weighted by Gasteiger charge is -1.79. The molecule has 3 heteroatoms. The van der Waals surface area contributed by atoms with Gasteiger partial charge in [0.2, 0.25) is 0 Å². The number of furan rings is 1. The molecule has 1 rings (SSSR count). The maximum Gasteiger partial charge on any atom is 0.169 e. The second kappa shape index (κ2) is 3.37. The van der Waals surface area contributed by atoms with E-state index >= 15 is 0 Å². The van der Waals surface area contributed by atoms with Crippen LogP contribution in [0.2, 0.25) is 0 Å². The minimum atomic E-state index is 0.665. The van der Waals surface area contributed by atoms with E-state index in [1.807, 2.05) is 0 Å². The normalized spacial score (nSPS) is 10.5. The Bertz CT molecular complexity index is 250. The fourth-order valence-electron chi connectivity index (χ4n) is 0.552. The van der Waals surface area contributed by atoms with Gasteiger partial charge in [0.05, 0.1) is 0 Å². The molecule has 0 aliphatic rings. The Balaban J connectivity index is 2.75. The summed E-state index contributed by atoms with van der Waals surface area (Å²) in [7, 11) is 0. The predicted molar refractivity (Wildman–Crippen MR) is 41.5 cm³/mol. The van der Waals surface area contributed by atoms with Crippen LogP contribution in [0, 0.1) is 0 Å². The Hall–Kier alpha value is -0.830. The molecule has 0 N–H and O–H groups in total. The number of aldehydes is 1. The van der Waals surface area contributed by atoms with Crippen LogP contribution in [0.5, 0.6) is 0 Å². The van der Waals surface area contributed by atoms with Crippen LogP contribution in [-0.4, -0.2) is 6.29 Å². The van der Waals surface area contributed by atoms with Gasteiger partial charge in [0, 0.05) is 0 Å². The zero-order chi connectivity index (χ0) is 7.40. The maximum atomic E-state index is 9.84. The second-order valence-electron chi connectivity index (χ2n) is 1.64. The molecule has 1 aromatic rings. The summed E-state index contributed by atoms with van der Waals surface area (Å²) in [6.45, 7) is 0. The Morgan fingerprint density at radius 3 is 2.80 bits per heavy atom. The van der Waals surface area contributed by atoms with Crippen molar-refractivity contribution in [2.24, 2.45) is 0 Å². The molecular formula is C7H5BrO2. The van der Waals surface area contributed by atoms with Gasteiger partial charge in [-0.1, -0.05) is 0 Å². The average Bonchev–Trinajstić information content (AvgIpc) is 2.31. The Labute approximate surface area is 66.7 Å². The van der Waals surface area contributed by atoms with E-state index in [0.29, 0.717) is 16.7 Å². The van der Waals surface area contributed by atoms with E-state index in [2.05, 4.69) is 15.9 Å². The number of hydrogen-bond donors (Lipinski definition) is 0. The Morgan fingerprint density at radius 1 is 1.50 bits per heavy atom. The number of allylic oxidation sites excluding steroid dienone is 1. The van der Waals surface area contributed by atoms with Crippen molar-refractivity contribution in [3.05, 3.63) is 28.6 Å². The van der Waals surface area contributed by atoms with E-state index in [-0.39, 0.29) is 0 Å². The van der Waals surface area contributed by atoms with Crippen molar-refractivity contribution < 1.29 is 9.21 Å². The van der Waals surface area contributed by atoms with Crippen LogP contribution < -0.4 is 0 Å². The summed E-state index contributed by atoms with van der Waals surface area (Å²) >= 11 is 3.14. The summed E-state index contributed by atoms with van der Waals surface area (Å²) in [6.07, 6.45) is 3.68. The molecule has 0 saturated heterocycles. The molecule has 1 heterocycles. The summed E-state index contributed by atoms with van der Waals surface area (Å²) < 4.78 is 5.72. The molecule has 0 fully saturated rings. The molecule has 0 aliphatic carbocycles. The van der Waals surface area contributed by atoms with Crippen molar-refractivity contribution in [1.29, 1.82) is 0 Å². The first-order valence-corrected chi connectivity index (χ1v) is 3.49. The molecule has 0 spiro atoms. The number of halogens is 1. The molecule has 52 valence electrons. The van der Waals surface area contributed by atoms with Crippen LogP contribution in [-0.2, 0) is 4.79 Å². The van der Waals surface area contributed by atoms with Gasteiger partial charge in [-0.3, -0.25) is 4.79 Å². The van der Waals surface area contributed by atoms with Gasteiger partial charge in [0.25, 0.3) is 0 Å². The minimum Gasteiger partial charge on any atom is -0.450 e. The molecule has 0 saturated carbocycles. The van der Waals surface area contributed by atoms with Crippen LogP contribution >= 0.6 is 15.9 Å². The maximum absolute atomic E-state index is 9.84. The lowest BCUT2D eigenvalue weighted by atomic mass is 10.4. The van der Waals surface area contributed by atoms with E-state index in [9.17, 15) is 4.79 Å². The SMILES string of the molecule is O=C/C=C/c1ccc(Br)o1. The smallest absolute Gasteiger partial charge is 0.169 e. The van der Waals surface area contributed by atoms with Gasteiger partial charge >= 0.3 is 0 Å². The zero-order valence-corrected chi connectivity index (χ0v) is 6.67. The van der Waals surface area contributed by atoms with Crippen molar-refractivity contribution in [3.8, 4) is 0 Å². The molecule has 1 aromatic heterocycles. The van der Waals surface area contributed by atoms with Crippen LogP contribution in [0.25, 0.3) is 6.08 Å². The van der Waals surface area contributed by atoms with E-state index in [1.54, 1.807) is 18.2 Å². The molecule has 0 bridgehead atoms. The highest BCUT2D eigenvalue weighted by Crippen LogP contribution is 2.14. The predicted octanol–water partition coefficient (Wildman–Crippen LogP) is 2.25. The van der Waals surface area contributed by atoms with Crippen LogP contribution in [0.3, 0.4) is 0 Å². The zero-order valence-electron chi connectivity index (χ0n) is 5.08. The van der Waals surface area contributed by atoms with Crippen molar-refractivity contribution >= 4 is 28.3 Å². The fraction of sp³-hybridized carbons (Fsp3) is 0. The molecule has 2 nitrogen and oxygen atoms in total. The third-order valence-electron chi connectivity index (χ3n) is 0.933. The third-order valence-corrected chi connectivity index (χ3v) is 1.36. The lowest BCUT2D eigenvalue weighted by Crippen LogP contribution is -1.60. The first-order chi connectivity index (χ1) is 4.83. The number of hydrogen-bond acceptors (Lipinski definition) is 2. The molecule has 0 aromatic carbocycles. The van der Waals surface area contributed by atoms with Gasteiger partial charge < -0.3 is 4.42 Å². The van der Waals surface area contributed by atoms with E-state index in [1.165, 1.54) is 6.08 Å². The highest BCUT2D eigenvalue weighted by Gasteiger charge is 1.91. The minimum absolute atomic E-state index is 0.665. The standard InChI is InChI=1S/C7H5BrO2/c8-7-4-3-6(10-7)2-1-5-9/h1-5H/b2-1+. The first kappa shape index (κ1) is 7.28. The van der Waals surface area contributed by atoms with Crippen molar-refractivity contribution in [3.63, 3.8) is 0 Å². The summed E-state index contributed by atoms with van der Waals surface area (Å²) in [5.74, 6) is 0.666. The Kier molecular flexibility index (Phi) is 2.45. The van der Waals surface area contributed by atoms with Crippen molar-refractivity contribution in [1.82, 2.24) is 0 Å². The Morgan fingerprint density at radius 2 is 2.30 bits per heavy atom. The molecule has 0 atom stereocenters. The molecule has 0 unspecified atom stereocenters. The molecule has 10 heavy (non-hydrogen) atoms. The van der Waals surface area contributed by atoms with Crippen molar-refractivity contribution in [2.75, 3.05) is 0 Å². The third kappa shape index (κ3) is 1.84. The van der Waals surface area contributed by atoms with E-state index < -0.39 is 0 Å².